The SMILES string of the molecule is CC(C)c1nnc(CN2CC[C@@]3(CC(=O)c4ccccc4O3)C2)o1. The molecule has 2 aliphatic rings. The Bertz CT molecular complexity index is 770. The lowest BCUT2D eigenvalue weighted by atomic mass is 9.89. The molecule has 1 fully saturated rings. The van der Waals surface area contributed by atoms with Crippen molar-refractivity contribution in [3.63, 3.8) is 0 Å². The fraction of sp³-hybridized carbons (Fsp3) is 0.500. The number of benzene rings is 1. The van der Waals surface area contributed by atoms with Gasteiger partial charge in [-0.1, -0.05) is 26.0 Å². The molecule has 1 saturated heterocycles. The normalized spacial score (nSPS) is 23.7. The molecule has 4 rings (SSSR count). The van der Waals surface area contributed by atoms with E-state index in [2.05, 4.69) is 15.1 Å². The molecule has 1 aromatic heterocycles. The zero-order valence-corrected chi connectivity index (χ0v) is 14.0. The number of nitrogens with zero attached hydrogens (tertiary/aromatic N) is 3. The van der Waals surface area contributed by atoms with Gasteiger partial charge in [-0.3, -0.25) is 9.69 Å². The van der Waals surface area contributed by atoms with Crippen LogP contribution in [0.1, 0.15) is 54.7 Å². The Hall–Kier alpha value is -2.21. The van der Waals surface area contributed by atoms with Crippen LogP contribution in [0.2, 0.25) is 0 Å². The van der Waals surface area contributed by atoms with Gasteiger partial charge >= 0.3 is 0 Å². The fourth-order valence-corrected chi connectivity index (χ4v) is 3.49. The molecule has 2 aliphatic heterocycles. The highest BCUT2D eigenvalue weighted by molar-refractivity contribution is 6.00. The minimum atomic E-state index is -0.424. The van der Waals surface area contributed by atoms with Gasteiger partial charge in [0.1, 0.15) is 11.4 Å². The summed E-state index contributed by atoms with van der Waals surface area (Å²) < 4.78 is 11.9. The second kappa shape index (κ2) is 5.70. The van der Waals surface area contributed by atoms with Crippen molar-refractivity contribution in [2.75, 3.05) is 13.1 Å². The summed E-state index contributed by atoms with van der Waals surface area (Å²) in [5, 5.41) is 8.19. The van der Waals surface area contributed by atoms with E-state index < -0.39 is 5.60 Å². The Labute approximate surface area is 140 Å². The van der Waals surface area contributed by atoms with E-state index in [4.69, 9.17) is 9.15 Å². The Morgan fingerprint density at radius 1 is 1.29 bits per heavy atom. The molecule has 6 nitrogen and oxygen atoms in total. The van der Waals surface area contributed by atoms with Crippen molar-refractivity contribution >= 4 is 5.78 Å². The molecule has 0 bridgehead atoms. The zero-order valence-electron chi connectivity index (χ0n) is 14.0. The van der Waals surface area contributed by atoms with Gasteiger partial charge in [0.15, 0.2) is 5.78 Å². The number of carbonyl (C=O) groups excluding carboxylic acids is 1. The largest absolute Gasteiger partial charge is 0.485 e. The number of ketones is 1. The first-order chi connectivity index (χ1) is 11.5. The average Bonchev–Trinajstić information content (AvgIpc) is 3.16. The van der Waals surface area contributed by atoms with Gasteiger partial charge < -0.3 is 9.15 Å². The van der Waals surface area contributed by atoms with Gasteiger partial charge in [0.25, 0.3) is 0 Å². The number of rotatable bonds is 3. The second-order valence-corrected chi connectivity index (χ2v) is 7.03. The molecular weight excluding hydrogens is 306 g/mol. The number of ether oxygens (including phenoxy) is 1. The van der Waals surface area contributed by atoms with Crippen LogP contribution in [0.15, 0.2) is 28.7 Å². The highest BCUT2D eigenvalue weighted by Crippen LogP contribution is 2.38. The van der Waals surface area contributed by atoms with Crippen LogP contribution in [0.5, 0.6) is 5.75 Å². The molecule has 0 amide bonds. The highest BCUT2D eigenvalue weighted by Gasteiger charge is 2.45. The van der Waals surface area contributed by atoms with Gasteiger partial charge in [-0.25, -0.2) is 0 Å². The quantitative estimate of drug-likeness (QED) is 0.863. The number of likely N-dealkylation sites (tertiary alicyclic amines) is 1. The number of carbonyl (C=O) groups is 1. The van der Waals surface area contributed by atoms with E-state index >= 15 is 0 Å². The first-order valence-corrected chi connectivity index (χ1v) is 8.41. The monoisotopic (exact) mass is 327 g/mol. The Morgan fingerprint density at radius 2 is 2.12 bits per heavy atom. The standard InChI is InChI=1S/C18H21N3O3/c1-12(2)17-20-19-16(23-17)10-21-8-7-18(11-21)9-14(22)13-5-3-4-6-15(13)24-18/h3-6,12H,7-11H2,1-2H3/t18-/m1/s1. The summed E-state index contributed by atoms with van der Waals surface area (Å²) in [7, 11) is 0. The molecule has 0 aliphatic carbocycles. The van der Waals surface area contributed by atoms with E-state index in [0.717, 1.165) is 13.0 Å². The van der Waals surface area contributed by atoms with E-state index in [1.807, 2.05) is 38.1 Å². The van der Waals surface area contributed by atoms with Crippen molar-refractivity contribution in [1.82, 2.24) is 15.1 Å². The summed E-state index contributed by atoms with van der Waals surface area (Å²) in [4.78, 5) is 14.7. The van der Waals surface area contributed by atoms with Crippen molar-refractivity contribution in [3.8, 4) is 5.75 Å². The maximum Gasteiger partial charge on any atom is 0.230 e. The zero-order chi connectivity index (χ0) is 16.7. The first kappa shape index (κ1) is 15.3. The van der Waals surface area contributed by atoms with Crippen LogP contribution < -0.4 is 4.74 Å². The number of hydrogen-bond acceptors (Lipinski definition) is 6. The topological polar surface area (TPSA) is 68.5 Å². The molecule has 2 aromatic rings. The summed E-state index contributed by atoms with van der Waals surface area (Å²) >= 11 is 0. The predicted octanol–water partition coefficient (Wildman–Crippen LogP) is 2.80. The van der Waals surface area contributed by atoms with E-state index in [0.29, 0.717) is 42.6 Å². The number of hydrogen-bond donors (Lipinski definition) is 0. The van der Waals surface area contributed by atoms with Crippen molar-refractivity contribution < 1.29 is 13.9 Å². The molecule has 0 N–H and O–H groups in total. The summed E-state index contributed by atoms with van der Waals surface area (Å²) in [5.41, 5.74) is 0.270. The van der Waals surface area contributed by atoms with Crippen LogP contribution in [0, 0.1) is 0 Å². The van der Waals surface area contributed by atoms with Gasteiger partial charge in [0.05, 0.1) is 18.5 Å². The van der Waals surface area contributed by atoms with Gasteiger partial charge in [0, 0.05) is 25.4 Å². The van der Waals surface area contributed by atoms with Crippen LogP contribution >= 0.6 is 0 Å². The third kappa shape index (κ3) is 2.71. The number of para-hydroxylation sites is 1. The Kier molecular flexibility index (Phi) is 3.64. The van der Waals surface area contributed by atoms with Crippen LogP contribution in [-0.4, -0.2) is 39.6 Å². The van der Waals surface area contributed by atoms with Gasteiger partial charge in [-0.15, -0.1) is 10.2 Å². The maximum absolute atomic E-state index is 12.5. The van der Waals surface area contributed by atoms with Crippen LogP contribution in [-0.2, 0) is 6.54 Å². The minimum absolute atomic E-state index is 0.165. The van der Waals surface area contributed by atoms with Crippen molar-refractivity contribution in [3.05, 3.63) is 41.6 Å². The lowest BCUT2D eigenvalue weighted by molar-refractivity contribution is 0.0450. The van der Waals surface area contributed by atoms with Crippen LogP contribution in [0.4, 0.5) is 0 Å². The van der Waals surface area contributed by atoms with E-state index in [-0.39, 0.29) is 11.7 Å². The smallest absolute Gasteiger partial charge is 0.230 e. The van der Waals surface area contributed by atoms with Crippen LogP contribution in [0.25, 0.3) is 0 Å². The van der Waals surface area contributed by atoms with Gasteiger partial charge in [0.2, 0.25) is 11.8 Å². The summed E-state index contributed by atoms with van der Waals surface area (Å²) in [6, 6.07) is 7.50. The average molecular weight is 327 g/mol. The molecule has 126 valence electrons. The molecule has 1 spiro atoms. The van der Waals surface area contributed by atoms with E-state index in [1.54, 1.807) is 0 Å². The number of aromatic nitrogens is 2. The third-order valence-corrected chi connectivity index (χ3v) is 4.73. The number of Topliss-reactive ketones (excluding diaryl/α,β-unsaturated/α-hetero) is 1. The molecule has 1 aromatic carbocycles. The molecular formula is C18H21N3O3. The first-order valence-electron chi connectivity index (χ1n) is 8.41. The molecule has 0 unspecified atom stereocenters. The molecule has 0 saturated carbocycles. The van der Waals surface area contributed by atoms with Crippen molar-refractivity contribution in [2.45, 2.75) is 44.8 Å². The second-order valence-electron chi connectivity index (χ2n) is 7.03. The van der Waals surface area contributed by atoms with E-state index in [9.17, 15) is 4.79 Å². The van der Waals surface area contributed by atoms with Gasteiger partial charge in [-0.05, 0) is 12.1 Å². The molecule has 24 heavy (non-hydrogen) atoms. The summed E-state index contributed by atoms with van der Waals surface area (Å²) in [6.07, 6.45) is 1.26. The molecule has 1 atom stereocenters. The lowest BCUT2D eigenvalue weighted by Gasteiger charge is -2.34. The third-order valence-electron chi connectivity index (χ3n) is 4.73. The van der Waals surface area contributed by atoms with Crippen molar-refractivity contribution in [1.29, 1.82) is 0 Å². The van der Waals surface area contributed by atoms with Crippen LogP contribution in [0.3, 0.4) is 0 Å². The van der Waals surface area contributed by atoms with E-state index in [1.165, 1.54) is 0 Å². The predicted molar refractivity (Wildman–Crippen MR) is 87.0 cm³/mol. The maximum atomic E-state index is 12.5. The highest BCUT2D eigenvalue weighted by atomic mass is 16.5. The van der Waals surface area contributed by atoms with Crippen molar-refractivity contribution in [2.24, 2.45) is 0 Å². The summed E-state index contributed by atoms with van der Waals surface area (Å²) in [5.74, 6) is 2.39. The Morgan fingerprint density at radius 3 is 2.92 bits per heavy atom. The molecule has 3 heterocycles. The molecule has 0 radical (unpaired) electrons. The summed E-state index contributed by atoms with van der Waals surface area (Å²) in [6.45, 7) is 6.21. The minimum Gasteiger partial charge on any atom is -0.485 e. The van der Waals surface area contributed by atoms with Gasteiger partial charge in [-0.2, -0.15) is 0 Å². The Balaban J connectivity index is 1.47. The molecule has 6 heteroatoms. The fourth-order valence-electron chi connectivity index (χ4n) is 3.49. The number of fused-ring (bicyclic) bond motifs is 1. The lowest BCUT2D eigenvalue weighted by Crippen LogP contribution is -2.44.